The molecule has 0 bridgehead atoms. The molecule has 8 heteroatoms. The normalized spacial score (nSPS) is 13.1. The maximum atomic E-state index is 11.8. The minimum Gasteiger partial charge on any atom is -0.347 e. The Labute approximate surface area is 120 Å². The molecule has 0 atom stereocenters. The lowest BCUT2D eigenvalue weighted by Crippen LogP contribution is -2.38. The molecule has 0 aromatic heterocycles. The molecular weight excluding hydrogens is 276 g/mol. The first kappa shape index (κ1) is 14.7. The fraction of sp³-hybridized carbons (Fsp3) is 0.231. The zero-order valence-electron chi connectivity index (χ0n) is 11.3. The highest BCUT2D eigenvalue weighted by molar-refractivity contribution is 6.39. The second-order valence-electron chi connectivity index (χ2n) is 4.43. The standard InChI is InChI=1S/C13H14N4O4/c1-17-12(20)8-3-2-7(6-9(8)13(17)21)16-11(19)10(18)15-5-4-14/h2-3,6H,4-5,14H2,1H3,(H,15,18)(H,16,19). The van der Waals surface area contributed by atoms with Crippen LogP contribution in [0.25, 0.3) is 0 Å². The summed E-state index contributed by atoms with van der Waals surface area (Å²) < 4.78 is 0. The van der Waals surface area contributed by atoms with E-state index < -0.39 is 23.6 Å². The van der Waals surface area contributed by atoms with E-state index in [2.05, 4.69) is 10.6 Å². The molecule has 1 heterocycles. The summed E-state index contributed by atoms with van der Waals surface area (Å²) in [6.45, 7) is 0.412. The van der Waals surface area contributed by atoms with Gasteiger partial charge in [-0.1, -0.05) is 0 Å². The number of carbonyl (C=O) groups is 4. The number of hydrogen-bond acceptors (Lipinski definition) is 5. The minimum absolute atomic E-state index is 0.189. The smallest absolute Gasteiger partial charge is 0.313 e. The van der Waals surface area contributed by atoms with E-state index in [4.69, 9.17) is 5.73 Å². The van der Waals surface area contributed by atoms with Crippen molar-refractivity contribution >= 4 is 29.3 Å². The first-order valence-electron chi connectivity index (χ1n) is 6.21. The Kier molecular flexibility index (Phi) is 3.99. The molecule has 110 valence electrons. The predicted molar refractivity (Wildman–Crippen MR) is 73.6 cm³/mol. The number of nitrogens with one attached hydrogen (secondary N) is 2. The number of nitrogens with zero attached hydrogens (tertiary/aromatic N) is 1. The number of rotatable bonds is 3. The molecule has 0 saturated carbocycles. The lowest BCUT2D eigenvalue weighted by atomic mass is 10.1. The Bertz CT molecular complexity index is 641. The second kappa shape index (κ2) is 5.71. The second-order valence-corrected chi connectivity index (χ2v) is 4.43. The molecule has 1 aliphatic rings. The summed E-state index contributed by atoms with van der Waals surface area (Å²) in [5.41, 5.74) is 5.94. The maximum Gasteiger partial charge on any atom is 0.313 e. The van der Waals surface area contributed by atoms with E-state index in [1.54, 1.807) is 0 Å². The molecule has 1 aromatic rings. The fourth-order valence-corrected chi connectivity index (χ4v) is 1.89. The molecule has 4 N–H and O–H groups in total. The van der Waals surface area contributed by atoms with Crippen molar-refractivity contribution < 1.29 is 19.2 Å². The van der Waals surface area contributed by atoms with Gasteiger partial charge in [0.2, 0.25) is 0 Å². The summed E-state index contributed by atoms with van der Waals surface area (Å²) in [5, 5.41) is 4.68. The van der Waals surface area contributed by atoms with Crippen LogP contribution in [0.5, 0.6) is 0 Å². The molecular formula is C13H14N4O4. The van der Waals surface area contributed by atoms with Crippen molar-refractivity contribution in [1.29, 1.82) is 0 Å². The summed E-state index contributed by atoms with van der Waals surface area (Å²) in [6, 6.07) is 4.26. The number of benzene rings is 1. The Morgan fingerprint density at radius 2 is 1.81 bits per heavy atom. The van der Waals surface area contributed by atoms with Gasteiger partial charge in [-0.25, -0.2) is 0 Å². The average Bonchev–Trinajstić information content (AvgIpc) is 2.69. The van der Waals surface area contributed by atoms with Crippen molar-refractivity contribution in [3.8, 4) is 0 Å². The van der Waals surface area contributed by atoms with Crippen molar-refractivity contribution in [2.24, 2.45) is 5.73 Å². The zero-order chi connectivity index (χ0) is 15.6. The van der Waals surface area contributed by atoms with E-state index >= 15 is 0 Å². The van der Waals surface area contributed by atoms with Gasteiger partial charge < -0.3 is 16.4 Å². The molecule has 0 spiro atoms. The lowest BCUT2D eigenvalue weighted by Gasteiger charge is -2.06. The molecule has 0 radical (unpaired) electrons. The van der Waals surface area contributed by atoms with Gasteiger partial charge >= 0.3 is 11.8 Å². The van der Waals surface area contributed by atoms with Crippen molar-refractivity contribution in [3.05, 3.63) is 29.3 Å². The van der Waals surface area contributed by atoms with E-state index in [9.17, 15) is 19.2 Å². The van der Waals surface area contributed by atoms with E-state index in [0.29, 0.717) is 0 Å². The third-order valence-electron chi connectivity index (χ3n) is 2.98. The third kappa shape index (κ3) is 2.75. The van der Waals surface area contributed by atoms with Gasteiger partial charge in [0, 0.05) is 25.8 Å². The molecule has 1 aliphatic heterocycles. The van der Waals surface area contributed by atoms with Gasteiger partial charge in [0.15, 0.2) is 0 Å². The average molecular weight is 290 g/mol. The first-order chi connectivity index (χ1) is 9.95. The van der Waals surface area contributed by atoms with Crippen LogP contribution in [0.4, 0.5) is 5.69 Å². The van der Waals surface area contributed by atoms with Crippen LogP contribution in [0.15, 0.2) is 18.2 Å². The third-order valence-corrected chi connectivity index (χ3v) is 2.98. The van der Waals surface area contributed by atoms with Crippen LogP contribution < -0.4 is 16.4 Å². The number of amides is 4. The molecule has 1 aromatic carbocycles. The molecule has 4 amide bonds. The summed E-state index contributed by atoms with van der Waals surface area (Å²) in [7, 11) is 1.38. The van der Waals surface area contributed by atoms with Gasteiger partial charge in [0.25, 0.3) is 11.8 Å². The number of carbonyl (C=O) groups excluding carboxylic acids is 4. The van der Waals surface area contributed by atoms with E-state index in [-0.39, 0.29) is 29.9 Å². The molecule has 0 saturated heterocycles. The zero-order valence-corrected chi connectivity index (χ0v) is 11.3. The number of fused-ring (bicyclic) bond motifs is 1. The maximum absolute atomic E-state index is 11.8. The van der Waals surface area contributed by atoms with Crippen LogP contribution in [0.3, 0.4) is 0 Å². The van der Waals surface area contributed by atoms with Gasteiger partial charge in [-0.15, -0.1) is 0 Å². The number of imide groups is 1. The predicted octanol–water partition coefficient (Wildman–Crippen LogP) is -1.07. The molecule has 8 nitrogen and oxygen atoms in total. The highest BCUT2D eigenvalue weighted by Crippen LogP contribution is 2.24. The fourth-order valence-electron chi connectivity index (χ4n) is 1.89. The summed E-state index contributed by atoms with van der Waals surface area (Å²) in [6.07, 6.45) is 0. The Balaban J connectivity index is 2.14. The Morgan fingerprint density at radius 3 is 2.48 bits per heavy atom. The molecule has 0 fully saturated rings. The van der Waals surface area contributed by atoms with Crippen molar-refractivity contribution in [3.63, 3.8) is 0 Å². The molecule has 21 heavy (non-hydrogen) atoms. The van der Waals surface area contributed by atoms with Gasteiger partial charge in [-0.05, 0) is 18.2 Å². The quantitative estimate of drug-likeness (QED) is 0.483. The highest BCUT2D eigenvalue weighted by atomic mass is 16.2. The summed E-state index contributed by atoms with van der Waals surface area (Å²) >= 11 is 0. The van der Waals surface area contributed by atoms with E-state index in [0.717, 1.165) is 4.90 Å². The monoisotopic (exact) mass is 290 g/mol. The molecule has 0 unspecified atom stereocenters. The van der Waals surface area contributed by atoms with Crippen LogP contribution in [-0.4, -0.2) is 48.7 Å². The lowest BCUT2D eigenvalue weighted by molar-refractivity contribution is -0.136. The van der Waals surface area contributed by atoms with E-state index in [1.807, 2.05) is 0 Å². The summed E-state index contributed by atoms with van der Waals surface area (Å²) in [5.74, 6) is -2.53. The van der Waals surface area contributed by atoms with Gasteiger partial charge in [-0.2, -0.15) is 0 Å². The molecule has 2 rings (SSSR count). The number of nitrogens with two attached hydrogens (primary N) is 1. The van der Waals surface area contributed by atoms with Crippen LogP contribution in [0.1, 0.15) is 20.7 Å². The minimum atomic E-state index is -0.867. The van der Waals surface area contributed by atoms with Crippen LogP contribution >= 0.6 is 0 Å². The van der Waals surface area contributed by atoms with Gasteiger partial charge in [-0.3, -0.25) is 24.1 Å². The topological polar surface area (TPSA) is 122 Å². The molecule has 0 aliphatic carbocycles. The van der Waals surface area contributed by atoms with Crippen molar-refractivity contribution in [1.82, 2.24) is 10.2 Å². The Morgan fingerprint density at radius 1 is 1.14 bits per heavy atom. The van der Waals surface area contributed by atoms with Crippen molar-refractivity contribution in [2.75, 3.05) is 25.5 Å². The van der Waals surface area contributed by atoms with Gasteiger partial charge in [0.1, 0.15) is 0 Å². The largest absolute Gasteiger partial charge is 0.347 e. The summed E-state index contributed by atoms with van der Waals surface area (Å²) in [4.78, 5) is 47.5. The van der Waals surface area contributed by atoms with Crippen LogP contribution in [-0.2, 0) is 9.59 Å². The SMILES string of the molecule is CN1C(=O)c2ccc(NC(=O)C(=O)NCCN)cc2C1=O. The Hall–Kier alpha value is -2.74. The number of anilines is 1. The van der Waals surface area contributed by atoms with Crippen LogP contribution in [0, 0.1) is 0 Å². The highest BCUT2D eigenvalue weighted by Gasteiger charge is 2.32. The van der Waals surface area contributed by atoms with Crippen molar-refractivity contribution in [2.45, 2.75) is 0 Å². The number of hydrogen-bond donors (Lipinski definition) is 3. The first-order valence-corrected chi connectivity index (χ1v) is 6.21. The van der Waals surface area contributed by atoms with Crippen LogP contribution in [0.2, 0.25) is 0 Å². The van der Waals surface area contributed by atoms with E-state index in [1.165, 1.54) is 25.2 Å². The van der Waals surface area contributed by atoms with Gasteiger partial charge in [0.05, 0.1) is 11.1 Å².